The average Bonchev–Trinajstić information content (AvgIpc) is 2.75. The molecule has 0 aromatic carbocycles. The zero-order chi connectivity index (χ0) is 10.8. The summed E-state index contributed by atoms with van der Waals surface area (Å²) in [6.45, 7) is 0. The maximum Gasteiger partial charge on any atom is 0.333 e. The van der Waals surface area contributed by atoms with E-state index in [-0.39, 0.29) is 17.9 Å². The number of rotatable bonds is 3. The molecule has 0 radical (unpaired) electrons. The van der Waals surface area contributed by atoms with Crippen LogP contribution in [0.15, 0.2) is 22.2 Å². The lowest BCUT2D eigenvalue weighted by molar-refractivity contribution is -0.133. The largest absolute Gasteiger partial charge is 0.478 e. The van der Waals surface area contributed by atoms with E-state index in [4.69, 9.17) is 5.11 Å². The van der Waals surface area contributed by atoms with Crippen molar-refractivity contribution >= 4 is 23.2 Å². The van der Waals surface area contributed by atoms with Crippen LogP contribution in [0.25, 0.3) is 0 Å². The first-order valence-electron chi connectivity index (χ1n) is 4.29. The van der Waals surface area contributed by atoms with Gasteiger partial charge in [0.25, 0.3) is 0 Å². The lowest BCUT2D eigenvalue weighted by Gasteiger charge is -2.01. The molecule has 2 N–H and O–H groups in total. The second-order valence-electron chi connectivity index (χ2n) is 3.14. The standard InChI is InChI=1S/C9H8N2O3S/c12-8-2-6(9(13)14)7(11-8)1-5-3-15-4-10-5/h3-4H,1-2H2,(H,11,12)(H,13,14). The highest BCUT2D eigenvalue weighted by molar-refractivity contribution is 7.07. The van der Waals surface area contributed by atoms with Crippen molar-refractivity contribution in [1.29, 1.82) is 0 Å². The number of hydrogen-bond acceptors (Lipinski definition) is 4. The van der Waals surface area contributed by atoms with Crippen molar-refractivity contribution in [2.45, 2.75) is 12.8 Å². The highest BCUT2D eigenvalue weighted by Gasteiger charge is 2.26. The van der Waals surface area contributed by atoms with Crippen molar-refractivity contribution < 1.29 is 14.7 Å². The van der Waals surface area contributed by atoms with Crippen LogP contribution in [-0.2, 0) is 16.0 Å². The van der Waals surface area contributed by atoms with Crippen molar-refractivity contribution in [1.82, 2.24) is 10.3 Å². The first-order valence-corrected chi connectivity index (χ1v) is 5.23. The van der Waals surface area contributed by atoms with Gasteiger partial charge in [0.1, 0.15) is 0 Å². The number of carbonyl (C=O) groups excluding carboxylic acids is 1. The number of aliphatic carboxylic acids is 1. The van der Waals surface area contributed by atoms with Crippen LogP contribution in [0.2, 0.25) is 0 Å². The van der Waals surface area contributed by atoms with Crippen molar-refractivity contribution in [2.75, 3.05) is 0 Å². The summed E-state index contributed by atoms with van der Waals surface area (Å²) in [6.07, 6.45) is 0.325. The van der Waals surface area contributed by atoms with E-state index in [1.165, 1.54) is 11.3 Å². The minimum atomic E-state index is -1.04. The molecule has 15 heavy (non-hydrogen) atoms. The molecule has 5 nitrogen and oxygen atoms in total. The summed E-state index contributed by atoms with van der Waals surface area (Å²) in [5.41, 5.74) is 3.05. The molecule has 1 amide bonds. The minimum Gasteiger partial charge on any atom is -0.478 e. The molecule has 0 saturated carbocycles. The Kier molecular flexibility index (Phi) is 2.51. The van der Waals surface area contributed by atoms with Gasteiger partial charge in [-0.05, 0) is 0 Å². The highest BCUT2D eigenvalue weighted by Crippen LogP contribution is 2.18. The van der Waals surface area contributed by atoms with Crippen LogP contribution < -0.4 is 5.32 Å². The third kappa shape index (κ3) is 2.04. The summed E-state index contributed by atoms with van der Waals surface area (Å²) in [4.78, 5) is 25.9. The van der Waals surface area contributed by atoms with E-state index >= 15 is 0 Å². The third-order valence-corrected chi connectivity index (χ3v) is 2.73. The van der Waals surface area contributed by atoms with E-state index in [0.29, 0.717) is 12.1 Å². The molecule has 1 aromatic heterocycles. The smallest absolute Gasteiger partial charge is 0.333 e. The fraction of sp³-hybridized carbons (Fsp3) is 0.222. The molecule has 2 heterocycles. The maximum atomic E-state index is 11.1. The Bertz CT molecular complexity index is 436. The number of carboxylic acids is 1. The lowest BCUT2D eigenvalue weighted by Crippen LogP contribution is -2.16. The maximum absolute atomic E-state index is 11.1. The van der Waals surface area contributed by atoms with Crippen LogP contribution >= 0.6 is 11.3 Å². The first kappa shape index (κ1) is 9.85. The van der Waals surface area contributed by atoms with Crippen LogP contribution in [0.3, 0.4) is 0 Å². The van der Waals surface area contributed by atoms with Crippen LogP contribution in [0.1, 0.15) is 12.1 Å². The highest BCUT2D eigenvalue weighted by atomic mass is 32.1. The fourth-order valence-electron chi connectivity index (χ4n) is 1.42. The molecule has 0 fully saturated rings. The number of aromatic nitrogens is 1. The summed E-state index contributed by atoms with van der Waals surface area (Å²) in [5, 5.41) is 13.2. The monoisotopic (exact) mass is 224 g/mol. The average molecular weight is 224 g/mol. The molecule has 78 valence electrons. The number of nitrogens with zero attached hydrogens (tertiary/aromatic N) is 1. The zero-order valence-electron chi connectivity index (χ0n) is 7.69. The summed E-state index contributed by atoms with van der Waals surface area (Å²) < 4.78 is 0. The summed E-state index contributed by atoms with van der Waals surface area (Å²) in [6, 6.07) is 0. The number of carboxylic acid groups (broad SMARTS) is 1. The molecule has 0 unspecified atom stereocenters. The molecule has 0 bridgehead atoms. The van der Waals surface area contributed by atoms with E-state index in [2.05, 4.69) is 10.3 Å². The Morgan fingerprint density at radius 2 is 2.47 bits per heavy atom. The molecule has 0 spiro atoms. The van der Waals surface area contributed by atoms with Crippen LogP contribution in [0, 0.1) is 0 Å². The first-order chi connectivity index (χ1) is 7.16. The Labute approximate surface area is 89.5 Å². The Balaban J connectivity index is 2.22. The van der Waals surface area contributed by atoms with E-state index in [0.717, 1.165) is 5.69 Å². The molecule has 1 aliphatic rings. The second-order valence-corrected chi connectivity index (χ2v) is 3.86. The van der Waals surface area contributed by atoms with Gasteiger partial charge < -0.3 is 10.4 Å². The Hall–Kier alpha value is -1.69. The van der Waals surface area contributed by atoms with Gasteiger partial charge in [0.2, 0.25) is 5.91 Å². The van der Waals surface area contributed by atoms with Crippen LogP contribution in [0.4, 0.5) is 0 Å². The Morgan fingerprint density at radius 1 is 1.67 bits per heavy atom. The van der Waals surface area contributed by atoms with Gasteiger partial charge in [-0.15, -0.1) is 11.3 Å². The van der Waals surface area contributed by atoms with E-state index in [1.807, 2.05) is 5.38 Å². The molecule has 0 atom stereocenters. The molecule has 6 heteroatoms. The molecule has 1 aliphatic heterocycles. The molecular weight excluding hydrogens is 216 g/mol. The van der Waals surface area contributed by atoms with Gasteiger partial charge >= 0.3 is 5.97 Å². The number of thiazole rings is 1. The second kappa shape index (κ2) is 3.82. The van der Waals surface area contributed by atoms with Crippen LogP contribution in [0.5, 0.6) is 0 Å². The van der Waals surface area contributed by atoms with E-state index in [9.17, 15) is 9.59 Å². The quantitative estimate of drug-likeness (QED) is 0.785. The molecule has 1 aromatic rings. The number of amides is 1. The molecular formula is C9H8N2O3S. The van der Waals surface area contributed by atoms with Crippen molar-refractivity contribution in [2.24, 2.45) is 0 Å². The van der Waals surface area contributed by atoms with E-state index in [1.54, 1.807) is 5.51 Å². The fourth-order valence-corrected chi connectivity index (χ4v) is 1.98. The van der Waals surface area contributed by atoms with Crippen molar-refractivity contribution in [3.63, 3.8) is 0 Å². The lowest BCUT2D eigenvalue weighted by atomic mass is 10.1. The number of carbonyl (C=O) groups is 2. The molecule has 0 saturated heterocycles. The Morgan fingerprint density at radius 3 is 3.07 bits per heavy atom. The van der Waals surface area contributed by atoms with Crippen molar-refractivity contribution in [3.05, 3.63) is 27.9 Å². The van der Waals surface area contributed by atoms with Gasteiger partial charge in [-0.25, -0.2) is 9.78 Å². The van der Waals surface area contributed by atoms with Crippen molar-refractivity contribution in [3.8, 4) is 0 Å². The van der Waals surface area contributed by atoms with Gasteiger partial charge in [0.05, 0.1) is 23.2 Å². The van der Waals surface area contributed by atoms with Gasteiger partial charge in [-0.2, -0.15) is 0 Å². The number of nitrogens with one attached hydrogen (secondary N) is 1. The minimum absolute atomic E-state index is 0.0468. The number of hydrogen-bond donors (Lipinski definition) is 2. The van der Waals surface area contributed by atoms with Gasteiger partial charge in [0, 0.05) is 17.5 Å². The molecule has 2 rings (SSSR count). The van der Waals surface area contributed by atoms with Gasteiger partial charge in [-0.1, -0.05) is 0 Å². The summed E-state index contributed by atoms with van der Waals surface area (Å²) >= 11 is 1.44. The van der Waals surface area contributed by atoms with E-state index < -0.39 is 5.97 Å². The van der Waals surface area contributed by atoms with Gasteiger partial charge in [0.15, 0.2) is 0 Å². The SMILES string of the molecule is O=C1CC(C(=O)O)=C(Cc2cscn2)N1. The van der Waals surface area contributed by atoms with Gasteiger partial charge in [-0.3, -0.25) is 4.79 Å². The predicted octanol–water partition coefficient (Wildman–Crippen LogP) is 0.544. The normalized spacial score (nSPS) is 15.6. The number of allylic oxidation sites excluding steroid dienone is 1. The zero-order valence-corrected chi connectivity index (χ0v) is 8.50. The van der Waals surface area contributed by atoms with Crippen LogP contribution in [-0.4, -0.2) is 22.0 Å². The summed E-state index contributed by atoms with van der Waals surface area (Å²) in [7, 11) is 0. The third-order valence-electron chi connectivity index (χ3n) is 2.09. The molecule has 0 aliphatic carbocycles. The topological polar surface area (TPSA) is 79.3 Å². The summed E-state index contributed by atoms with van der Waals surface area (Å²) in [5.74, 6) is -1.31. The predicted molar refractivity (Wildman–Crippen MR) is 53.2 cm³/mol.